The molecule has 0 amide bonds. The summed E-state index contributed by atoms with van der Waals surface area (Å²) in [4.78, 5) is 9.22. The number of aliphatic hydroxyl groups excluding tert-OH is 1. The standard InChI is InChI=1S/C13H20N2O2/c1-4-11-10-7-17-9(6-16)5-12(10)15-13(14-11)8(2)3/h8-9,16H,4-7H2,1-3H3. The van der Waals surface area contributed by atoms with Gasteiger partial charge < -0.3 is 9.84 Å². The molecule has 4 heteroatoms. The molecule has 0 saturated carbocycles. The number of aryl methyl sites for hydroxylation is 1. The summed E-state index contributed by atoms with van der Waals surface area (Å²) in [6, 6.07) is 0. The van der Waals surface area contributed by atoms with E-state index in [1.807, 2.05) is 0 Å². The smallest absolute Gasteiger partial charge is 0.131 e. The quantitative estimate of drug-likeness (QED) is 0.866. The second-order valence-electron chi connectivity index (χ2n) is 4.78. The van der Waals surface area contributed by atoms with Gasteiger partial charge in [0.2, 0.25) is 0 Å². The average molecular weight is 236 g/mol. The van der Waals surface area contributed by atoms with Gasteiger partial charge in [-0.05, 0) is 6.42 Å². The monoisotopic (exact) mass is 236 g/mol. The van der Waals surface area contributed by atoms with E-state index in [1.165, 1.54) is 0 Å². The highest BCUT2D eigenvalue weighted by Gasteiger charge is 2.23. The van der Waals surface area contributed by atoms with Crippen molar-refractivity contribution in [1.29, 1.82) is 0 Å². The Bertz CT molecular complexity index is 405. The summed E-state index contributed by atoms with van der Waals surface area (Å²) < 4.78 is 5.57. The SMILES string of the molecule is CCc1nc(C(C)C)nc2c1COC(CO)C2. The van der Waals surface area contributed by atoms with E-state index in [2.05, 4.69) is 30.7 Å². The maximum atomic E-state index is 9.15. The number of rotatable bonds is 3. The summed E-state index contributed by atoms with van der Waals surface area (Å²) in [5.74, 6) is 1.24. The van der Waals surface area contributed by atoms with Gasteiger partial charge in [-0.2, -0.15) is 0 Å². The Morgan fingerprint density at radius 2 is 2.18 bits per heavy atom. The molecule has 0 fully saturated rings. The van der Waals surface area contributed by atoms with Gasteiger partial charge in [0.05, 0.1) is 25.0 Å². The van der Waals surface area contributed by atoms with Crippen molar-refractivity contribution < 1.29 is 9.84 Å². The predicted octanol–water partition coefficient (Wildman–Crippen LogP) is 1.60. The van der Waals surface area contributed by atoms with Crippen LogP contribution in [0.4, 0.5) is 0 Å². The van der Waals surface area contributed by atoms with Crippen molar-refractivity contribution in [3.63, 3.8) is 0 Å². The van der Waals surface area contributed by atoms with Crippen molar-refractivity contribution in [1.82, 2.24) is 9.97 Å². The third-order valence-corrected chi connectivity index (χ3v) is 3.14. The average Bonchev–Trinajstić information content (AvgIpc) is 2.36. The molecule has 17 heavy (non-hydrogen) atoms. The van der Waals surface area contributed by atoms with Crippen LogP contribution in [0.3, 0.4) is 0 Å². The molecule has 0 saturated heterocycles. The van der Waals surface area contributed by atoms with Gasteiger partial charge in [-0.1, -0.05) is 20.8 Å². The summed E-state index contributed by atoms with van der Waals surface area (Å²) in [5, 5.41) is 9.15. The van der Waals surface area contributed by atoms with Crippen LogP contribution in [0.5, 0.6) is 0 Å². The van der Waals surface area contributed by atoms with Crippen LogP contribution in [-0.2, 0) is 24.2 Å². The first-order valence-corrected chi connectivity index (χ1v) is 6.26. The lowest BCUT2D eigenvalue weighted by atomic mass is 10.0. The molecule has 1 aromatic heterocycles. The number of fused-ring (bicyclic) bond motifs is 1. The highest BCUT2D eigenvalue weighted by atomic mass is 16.5. The molecule has 0 spiro atoms. The lowest BCUT2D eigenvalue weighted by Gasteiger charge is -2.25. The fourth-order valence-electron chi connectivity index (χ4n) is 2.08. The normalized spacial score (nSPS) is 19.5. The van der Waals surface area contributed by atoms with E-state index in [1.54, 1.807) is 0 Å². The molecule has 1 atom stereocenters. The largest absolute Gasteiger partial charge is 0.394 e. The Morgan fingerprint density at radius 3 is 2.76 bits per heavy atom. The minimum atomic E-state index is -0.109. The highest BCUT2D eigenvalue weighted by Crippen LogP contribution is 2.24. The van der Waals surface area contributed by atoms with Crippen molar-refractivity contribution in [2.24, 2.45) is 0 Å². The van der Waals surface area contributed by atoms with Gasteiger partial charge in [-0.15, -0.1) is 0 Å². The van der Waals surface area contributed by atoms with Gasteiger partial charge in [-0.3, -0.25) is 0 Å². The molecule has 1 aliphatic heterocycles. The molecule has 0 aliphatic carbocycles. The van der Waals surface area contributed by atoms with Crippen LogP contribution >= 0.6 is 0 Å². The molecule has 0 radical (unpaired) electrons. The summed E-state index contributed by atoms with van der Waals surface area (Å²) in [6.45, 7) is 6.89. The van der Waals surface area contributed by atoms with E-state index in [-0.39, 0.29) is 12.7 Å². The molecule has 1 aromatic rings. The first kappa shape index (κ1) is 12.5. The van der Waals surface area contributed by atoms with Crippen LogP contribution in [0.1, 0.15) is 49.5 Å². The summed E-state index contributed by atoms with van der Waals surface area (Å²) >= 11 is 0. The molecular formula is C13H20N2O2. The summed E-state index contributed by atoms with van der Waals surface area (Å²) in [6.07, 6.45) is 1.49. The molecule has 94 valence electrons. The second kappa shape index (κ2) is 5.10. The van der Waals surface area contributed by atoms with E-state index >= 15 is 0 Å². The van der Waals surface area contributed by atoms with Crippen LogP contribution in [0.25, 0.3) is 0 Å². The van der Waals surface area contributed by atoms with Crippen LogP contribution < -0.4 is 0 Å². The summed E-state index contributed by atoms with van der Waals surface area (Å²) in [5.41, 5.74) is 3.28. The molecule has 2 rings (SSSR count). The van der Waals surface area contributed by atoms with E-state index < -0.39 is 0 Å². The highest BCUT2D eigenvalue weighted by molar-refractivity contribution is 5.28. The van der Waals surface area contributed by atoms with Crippen LogP contribution in [0, 0.1) is 0 Å². The first-order valence-electron chi connectivity index (χ1n) is 6.26. The molecular weight excluding hydrogens is 216 g/mol. The van der Waals surface area contributed by atoms with E-state index in [9.17, 15) is 0 Å². The maximum Gasteiger partial charge on any atom is 0.131 e. The maximum absolute atomic E-state index is 9.15. The molecule has 0 aromatic carbocycles. The topological polar surface area (TPSA) is 55.2 Å². The molecule has 2 heterocycles. The third-order valence-electron chi connectivity index (χ3n) is 3.14. The number of aromatic nitrogens is 2. The van der Waals surface area contributed by atoms with Crippen LogP contribution in [0.15, 0.2) is 0 Å². The Balaban J connectivity index is 2.41. The molecule has 1 aliphatic rings. The van der Waals surface area contributed by atoms with E-state index in [0.717, 1.165) is 29.2 Å². The fourth-order valence-corrected chi connectivity index (χ4v) is 2.08. The van der Waals surface area contributed by atoms with Gasteiger partial charge >= 0.3 is 0 Å². The van der Waals surface area contributed by atoms with Crippen molar-refractivity contribution in [3.05, 3.63) is 22.8 Å². The van der Waals surface area contributed by atoms with E-state index in [4.69, 9.17) is 9.84 Å². The zero-order valence-corrected chi connectivity index (χ0v) is 10.7. The zero-order valence-electron chi connectivity index (χ0n) is 10.7. The lowest BCUT2D eigenvalue weighted by molar-refractivity contribution is -0.00887. The number of aliphatic hydroxyl groups is 1. The van der Waals surface area contributed by atoms with Crippen molar-refractivity contribution in [3.8, 4) is 0 Å². The minimum absolute atomic E-state index is 0.0575. The fraction of sp³-hybridized carbons (Fsp3) is 0.692. The Labute approximate surface area is 102 Å². The van der Waals surface area contributed by atoms with Crippen molar-refractivity contribution in [2.75, 3.05) is 6.61 Å². The Morgan fingerprint density at radius 1 is 1.41 bits per heavy atom. The molecule has 4 nitrogen and oxygen atoms in total. The molecule has 1 N–H and O–H groups in total. The zero-order chi connectivity index (χ0) is 12.4. The predicted molar refractivity (Wildman–Crippen MR) is 64.9 cm³/mol. The minimum Gasteiger partial charge on any atom is -0.394 e. The first-order chi connectivity index (χ1) is 8.15. The third kappa shape index (κ3) is 2.48. The van der Waals surface area contributed by atoms with Crippen LogP contribution in [-0.4, -0.2) is 27.8 Å². The Kier molecular flexibility index (Phi) is 3.74. The van der Waals surface area contributed by atoms with Gasteiger partial charge in [0, 0.05) is 23.6 Å². The van der Waals surface area contributed by atoms with Gasteiger partial charge in [-0.25, -0.2) is 9.97 Å². The number of hydrogen-bond donors (Lipinski definition) is 1. The van der Waals surface area contributed by atoms with Gasteiger partial charge in [0.15, 0.2) is 0 Å². The molecule has 0 bridgehead atoms. The van der Waals surface area contributed by atoms with Gasteiger partial charge in [0.25, 0.3) is 0 Å². The van der Waals surface area contributed by atoms with Gasteiger partial charge in [0.1, 0.15) is 5.82 Å². The number of ether oxygens (including phenoxy) is 1. The Hall–Kier alpha value is -1.00. The van der Waals surface area contributed by atoms with Crippen LogP contribution in [0.2, 0.25) is 0 Å². The second-order valence-corrected chi connectivity index (χ2v) is 4.78. The van der Waals surface area contributed by atoms with Crippen molar-refractivity contribution >= 4 is 0 Å². The molecule has 1 unspecified atom stereocenters. The van der Waals surface area contributed by atoms with E-state index in [0.29, 0.717) is 18.9 Å². The summed E-state index contributed by atoms with van der Waals surface area (Å²) in [7, 11) is 0. The van der Waals surface area contributed by atoms with Crippen molar-refractivity contribution in [2.45, 2.75) is 52.2 Å². The number of nitrogens with zero attached hydrogens (tertiary/aromatic N) is 2. The lowest BCUT2D eigenvalue weighted by Crippen LogP contribution is -2.28. The number of hydrogen-bond acceptors (Lipinski definition) is 4.